The summed E-state index contributed by atoms with van der Waals surface area (Å²) in [5.41, 5.74) is -3.08. The maximum Gasteiger partial charge on any atom is 0.154 e. The molecule has 2 rings (SSSR count). The van der Waals surface area contributed by atoms with Crippen molar-refractivity contribution in [2.45, 2.75) is 5.60 Å². The Morgan fingerprint density at radius 2 is 1.43 bits per heavy atom. The molecule has 0 bridgehead atoms. The molecule has 3 nitrogen and oxygen atoms in total. The van der Waals surface area contributed by atoms with Gasteiger partial charge in [-0.25, -0.2) is 8.78 Å². The molecule has 0 radical (unpaired) electrons. The Hall–Kier alpha value is -1.79. The van der Waals surface area contributed by atoms with Gasteiger partial charge in [0, 0.05) is 0 Å². The van der Waals surface area contributed by atoms with Crippen molar-refractivity contribution in [2.75, 3.05) is 5.83 Å². The van der Waals surface area contributed by atoms with E-state index in [9.17, 15) is 23.8 Å². The van der Waals surface area contributed by atoms with Crippen LogP contribution in [0.1, 0.15) is 11.1 Å². The van der Waals surface area contributed by atoms with Gasteiger partial charge < -0.3 is 15.0 Å². The Kier molecular flexibility index (Phi) is 5.99. The van der Waals surface area contributed by atoms with Crippen LogP contribution >= 0.6 is 15.9 Å². The average Bonchev–Trinajstić information content (AvgIpc) is 2.48. The Morgan fingerprint density at radius 1 is 1.05 bits per heavy atom. The molecule has 2 aromatic rings. The topological polar surface area (TPSA) is 60.4 Å². The maximum absolute atomic E-state index is 13.2. The SMILES string of the molecule is CBr.O=C([O-])C(O)(c1cccc(F)c1)c1cccc(F)c1. The largest absolute Gasteiger partial charge is 0.546 e. The van der Waals surface area contributed by atoms with E-state index in [0.29, 0.717) is 0 Å². The van der Waals surface area contributed by atoms with Crippen LogP contribution in [0, 0.1) is 11.6 Å². The first-order valence-corrected chi connectivity index (χ1v) is 7.37. The molecule has 1 N–H and O–H groups in total. The molecule has 0 aromatic heterocycles. The third kappa shape index (κ3) is 3.65. The highest BCUT2D eigenvalue weighted by Crippen LogP contribution is 2.30. The van der Waals surface area contributed by atoms with Crippen molar-refractivity contribution in [3.8, 4) is 0 Å². The lowest BCUT2D eigenvalue weighted by atomic mass is 9.86. The van der Waals surface area contributed by atoms with Gasteiger partial charge in [-0.3, -0.25) is 0 Å². The zero-order valence-corrected chi connectivity index (χ0v) is 12.6. The Morgan fingerprint density at radius 3 is 1.71 bits per heavy atom. The molecule has 0 fully saturated rings. The van der Waals surface area contributed by atoms with Crippen LogP contribution in [-0.2, 0) is 10.4 Å². The van der Waals surface area contributed by atoms with Crippen LogP contribution in [0.2, 0.25) is 0 Å². The lowest BCUT2D eigenvalue weighted by Crippen LogP contribution is -2.46. The normalized spacial score (nSPS) is 10.5. The molecular formula is C15H12BrF2O3-. The minimum absolute atomic E-state index is 0.238. The molecule has 0 aliphatic heterocycles. The molecule has 0 heterocycles. The number of carboxylic acid groups (broad SMARTS) is 1. The second-order valence-electron chi connectivity index (χ2n) is 4.02. The van der Waals surface area contributed by atoms with Gasteiger partial charge in [-0.05, 0) is 41.2 Å². The van der Waals surface area contributed by atoms with Crippen LogP contribution in [-0.4, -0.2) is 16.9 Å². The van der Waals surface area contributed by atoms with E-state index in [4.69, 9.17) is 0 Å². The van der Waals surface area contributed by atoms with Crippen LogP contribution in [0.3, 0.4) is 0 Å². The molecule has 0 aliphatic rings. The van der Waals surface area contributed by atoms with Gasteiger partial charge in [0.05, 0.1) is 5.97 Å². The zero-order chi connectivity index (χ0) is 16.0. The third-order valence-electron chi connectivity index (χ3n) is 2.78. The van der Waals surface area contributed by atoms with Gasteiger partial charge in [-0.2, -0.15) is 0 Å². The van der Waals surface area contributed by atoms with Crippen LogP contribution in [0.4, 0.5) is 8.78 Å². The molecule has 6 heteroatoms. The molecule has 112 valence electrons. The molecule has 0 atom stereocenters. The van der Waals surface area contributed by atoms with E-state index in [-0.39, 0.29) is 11.1 Å². The van der Waals surface area contributed by atoms with Crippen molar-refractivity contribution in [3.63, 3.8) is 0 Å². The first-order valence-electron chi connectivity index (χ1n) is 5.78. The average molecular weight is 358 g/mol. The van der Waals surface area contributed by atoms with E-state index in [2.05, 4.69) is 15.9 Å². The predicted molar refractivity (Wildman–Crippen MR) is 75.7 cm³/mol. The number of benzene rings is 2. The highest BCUT2D eigenvalue weighted by atomic mass is 79.9. The number of hydrogen-bond acceptors (Lipinski definition) is 3. The summed E-state index contributed by atoms with van der Waals surface area (Å²) in [5, 5.41) is 21.5. The highest BCUT2D eigenvalue weighted by molar-refractivity contribution is 9.08. The quantitative estimate of drug-likeness (QED) is 0.854. The van der Waals surface area contributed by atoms with Crippen molar-refractivity contribution in [3.05, 3.63) is 71.3 Å². The van der Waals surface area contributed by atoms with Gasteiger partial charge >= 0.3 is 0 Å². The van der Waals surface area contributed by atoms with Gasteiger partial charge in [-0.15, -0.1) is 0 Å². The number of aliphatic hydroxyl groups is 1. The first kappa shape index (κ1) is 17.3. The molecule has 0 unspecified atom stereocenters. The van der Waals surface area contributed by atoms with Gasteiger partial charge in [0.1, 0.15) is 11.6 Å². The van der Waals surface area contributed by atoms with Gasteiger partial charge in [0.25, 0.3) is 0 Å². The zero-order valence-electron chi connectivity index (χ0n) is 11.0. The molecule has 0 aliphatic carbocycles. The third-order valence-corrected chi connectivity index (χ3v) is 2.78. The smallest absolute Gasteiger partial charge is 0.154 e. The summed E-state index contributed by atoms with van der Waals surface area (Å²) in [4.78, 5) is 11.2. The number of carboxylic acids is 1. The lowest BCUT2D eigenvalue weighted by molar-refractivity contribution is -0.322. The summed E-state index contributed by atoms with van der Waals surface area (Å²) in [6, 6.07) is 8.88. The summed E-state index contributed by atoms with van der Waals surface area (Å²) in [6.45, 7) is 0. The van der Waals surface area contributed by atoms with E-state index in [1.807, 2.05) is 5.83 Å². The van der Waals surface area contributed by atoms with Gasteiger partial charge in [-0.1, -0.05) is 40.2 Å². The molecule has 0 saturated carbocycles. The van der Waals surface area contributed by atoms with E-state index < -0.39 is 23.2 Å². The second-order valence-corrected chi connectivity index (χ2v) is 4.02. The summed E-state index contributed by atoms with van der Waals surface area (Å²) in [5.74, 6) is -1.47. The summed E-state index contributed by atoms with van der Waals surface area (Å²) >= 11 is 2.94. The van der Waals surface area contributed by atoms with Crippen molar-refractivity contribution >= 4 is 21.9 Å². The minimum atomic E-state index is -2.61. The van der Waals surface area contributed by atoms with E-state index in [1.165, 1.54) is 24.3 Å². The number of alkyl halides is 1. The molecule has 0 spiro atoms. The number of rotatable bonds is 3. The van der Waals surface area contributed by atoms with Crippen molar-refractivity contribution in [1.29, 1.82) is 0 Å². The summed E-state index contributed by atoms with van der Waals surface area (Å²) in [6.07, 6.45) is 0. The number of carbonyl (C=O) groups excluding carboxylic acids is 1. The number of carbonyl (C=O) groups is 1. The second kappa shape index (κ2) is 7.28. The van der Waals surface area contributed by atoms with E-state index in [1.54, 1.807) is 0 Å². The van der Waals surface area contributed by atoms with Crippen molar-refractivity contribution in [1.82, 2.24) is 0 Å². The van der Waals surface area contributed by atoms with E-state index >= 15 is 0 Å². The van der Waals surface area contributed by atoms with Gasteiger partial charge in [0.2, 0.25) is 0 Å². The van der Waals surface area contributed by atoms with Crippen LogP contribution < -0.4 is 5.11 Å². The first-order chi connectivity index (χ1) is 9.94. The highest BCUT2D eigenvalue weighted by Gasteiger charge is 2.34. The van der Waals surface area contributed by atoms with Crippen molar-refractivity contribution < 1.29 is 23.8 Å². The van der Waals surface area contributed by atoms with Crippen LogP contribution in [0.15, 0.2) is 48.5 Å². The Bertz CT molecular complexity index is 586. The monoisotopic (exact) mass is 357 g/mol. The maximum atomic E-state index is 13.2. The van der Waals surface area contributed by atoms with Crippen LogP contribution in [0.25, 0.3) is 0 Å². The molecule has 21 heavy (non-hydrogen) atoms. The molecule has 0 saturated heterocycles. The van der Waals surface area contributed by atoms with Crippen molar-refractivity contribution in [2.24, 2.45) is 0 Å². The lowest BCUT2D eigenvalue weighted by Gasteiger charge is -2.30. The standard InChI is InChI=1S/C14H10F2O3.CH3Br/c15-11-5-1-3-9(7-11)14(19,13(17)18)10-4-2-6-12(16)8-10;1-2/h1-8,19H,(H,17,18);1H3/p-1. The molecule has 0 amide bonds. The minimum Gasteiger partial charge on any atom is -0.546 e. The van der Waals surface area contributed by atoms with Crippen LogP contribution in [0.5, 0.6) is 0 Å². The van der Waals surface area contributed by atoms with Gasteiger partial charge in [0.15, 0.2) is 5.60 Å². The number of aliphatic carboxylic acids is 1. The fraction of sp³-hybridized carbons (Fsp3) is 0.133. The number of hydrogen-bond donors (Lipinski definition) is 1. The fourth-order valence-electron chi connectivity index (χ4n) is 1.83. The summed E-state index contributed by atoms with van der Waals surface area (Å²) in [7, 11) is 0. The molecule has 2 aromatic carbocycles. The van der Waals surface area contributed by atoms with E-state index in [0.717, 1.165) is 24.3 Å². The molecular weight excluding hydrogens is 346 g/mol. The summed E-state index contributed by atoms with van der Waals surface area (Å²) < 4.78 is 26.3. The Balaban J connectivity index is 0.00000106. The Labute approximate surface area is 129 Å². The fourth-order valence-corrected chi connectivity index (χ4v) is 1.83. The number of halogens is 3. The predicted octanol–water partition coefficient (Wildman–Crippen LogP) is 1.96.